The van der Waals surface area contributed by atoms with Crippen LogP contribution in [0.25, 0.3) is 0 Å². The second-order valence-corrected chi connectivity index (χ2v) is 5.66. The molecule has 2 aliphatic rings. The van der Waals surface area contributed by atoms with Gasteiger partial charge in [-0.3, -0.25) is 4.79 Å². The zero-order chi connectivity index (χ0) is 12.1. The Labute approximate surface area is 104 Å². The van der Waals surface area contributed by atoms with E-state index in [0.29, 0.717) is 6.61 Å². The molecular formula is C14H25NO2. The van der Waals surface area contributed by atoms with Crippen molar-refractivity contribution in [3.05, 3.63) is 0 Å². The largest absolute Gasteiger partial charge is 0.465 e. The Balaban J connectivity index is 1.69. The molecule has 2 fully saturated rings. The van der Waals surface area contributed by atoms with Crippen molar-refractivity contribution < 1.29 is 9.53 Å². The highest BCUT2D eigenvalue weighted by Crippen LogP contribution is 2.29. The zero-order valence-corrected chi connectivity index (χ0v) is 10.7. The normalized spacial score (nSPS) is 30.4. The molecule has 2 atom stereocenters. The van der Waals surface area contributed by atoms with Gasteiger partial charge in [-0.25, -0.2) is 0 Å². The summed E-state index contributed by atoms with van der Waals surface area (Å²) in [6.45, 7) is 0.604. The molecule has 0 bridgehead atoms. The van der Waals surface area contributed by atoms with E-state index in [-0.39, 0.29) is 17.9 Å². The first kappa shape index (κ1) is 12.9. The summed E-state index contributed by atoms with van der Waals surface area (Å²) in [5.74, 6) is 0.725. The third-order valence-corrected chi connectivity index (χ3v) is 4.37. The lowest BCUT2D eigenvalue weighted by atomic mass is 9.83. The number of hydrogen-bond donors (Lipinski definition) is 1. The van der Waals surface area contributed by atoms with Crippen LogP contribution in [0.15, 0.2) is 0 Å². The summed E-state index contributed by atoms with van der Waals surface area (Å²) in [5, 5.41) is 0. The number of ether oxygens (including phenoxy) is 1. The predicted octanol–water partition coefficient (Wildman–Crippen LogP) is 2.63. The fourth-order valence-electron chi connectivity index (χ4n) is 2.84. The number of carbonyl (C=O) groups is 1. The molecule has 0 heterocycles. The standard InChI is InChI=1S/C14H25NO2/c15-13-8-3-1-2-7-12(13)14(16)17-10-9-11-5-4-6-11/h11-13H,1-10,15H2. The van der Waals surface area contributed by atoms with Crippen LogP contribution >= 0.6 is 0 Å². The van der Waals surface area contributed by atoms with Crippen molar-refractivity contribution in [2.75, 3.05) is 6.61 Å². The smallest absolute Gasteiger partial charge is 0.310 e. The molecule has 0 saturated heterocycles. The van der Waals surface area contributed by atoms with Gasteiger partial charge in [0.2, 0.25) is 0 Å². The highest BCUT2D eigenvalue weighted by molar-refractivity contribution is 5.73. The SMILES string of the molecule is NC1CCCCCC1C(=O)OCCC1CCC1. The van der Waals surface area contributed by atoms with Crippen LogP contribution in [0.3, 0.4) is 0 Å². The van der Waals surface area contributed by atoms with E-state index in [4.69, 9.17) is 10.5 Å². The van der Waals surface area contributed by atoms with E-state index in [1.54, 1.807) is 0 Å². The minimum Gasteiger partial charge on any atom is -0.465 e. The van der Waals surface area contributed by atoms with Crippen LogP contribution in [0.5, 0.6) is 0 Å². The van der Waals surface area contributed by atoms with E-state index in [2.05, 4.69) is 0 Å². The summed E-state index contributed by atoms with van der Waals surface area (Å²) >= 11 is 0. The molecule has 0 aromatic heterocycles. The van der Waals surface area contributed by atoms with Gasteiger partial charge in [0.05, 0.1) is 12.5 Å². The van der Waals surface area contributed by atoms with Crippen LogP contribution in [0.4, 0.5) is 0 Å². The van der Waals surface area contributed by atoms with E-state index in [0.717, 1.165) is 38.0 Å². The Morgan fingerprint density at radius 1 is 1.06 bits per heavy atom. The molecule has 2 unspecified atom stereocenters. The summed E-state index contributed by atoms with van der Waals surface area (Å²) in [6.07, 6.45) is 10.4. The monoisotopic (exact) mass is 239 g/mol. The van der Waals surface area contributed by atoms with Crippen molar-refractivity contribution in [2.45, 2.75) is 63.8 Å². The van der Waals surface area contributed by atoms with Gasteiger partial charge in [-0.15, -0.1) is 0 Å². The second-order valence-electron chi connectivity index (χ2n) is 5.66. The van der Waals surface area contributed by atoms with Gasteiger partial charge >= 0.3 is 5.97 Å². The summed E-state index contributed by atoms with van der Waals surface area (Å²) < 4.78 is 5.39. The highest BCUT2D eigenvalue weighted by Gasteiger charge is 2.28. The predicted molar refractivity (Wildman–Crippen MR) is 67.5 cm³/mol. The van der Waals surface area contributed by atoms with Gasteiger partial charge in [-0.05, 0) is 25.2 Å². The van der Waals surface area contributed by atoms with E-state index < -0.39 is 0 Å². The lowest BCUT2D eigenvalue weighted by molar-refractivity contribution is -0.150. The van der Waals surface area contributed by atoms with Crippen LogP contribution in [-0.4, -0.2) is 18.6 Å². The maximum atomic E-state index is 11.9. The van der Waals surface area contributed by atoms with Crippen molar-refractivity contribution in [1.29, 1.82) is 0 Å². The molecule has 2 saturated carbocycles. The van der Waals surface area contributed by atoms with E-state index in [1.807, 2.05) is 0 Å². The number of hydrogen-bond acceptors (Lipinski definition) is 3. The first-order valence-electron chi connectivity index (χ1n) is 7.19. The van der Waals surface area contributed by atoms with Crippen LogP contribution in [0.2, 0.25) is 0 Å². The van der Waals surface area contributed by atoms with Crippen molar-refractivity contribution >= 4 is 5.97 Å². The third-order valence-electron chi connectivity index (χ3n) is 4.37. The molecule has 2 N–H and O–H groups in total. The maximum Gasteiger partial charge on any atom is 0.310 e. The number of nitrogens with two attached hydrogens (primary N) is 1. The minimum absolute atomic E-state index is 0.0219. The Kier molecular flexibility index (Phi) is 4.84. The molecule has 2 aliphatic carbocycles. The van der Waals surface area contributed by atoms with Crippen LogP contribution in [0.1, 0.15) is 57.8 Å². The van der Waals surface area contributed by atoms with Crippen LogP contribution in [0, 0.1) is 11.8 Å². The second kappa shape index (κ2) is 6.39. The summed E-state index contributed by atoms with van der Waals surface area (Å²) in [7, 11) is 0. The van der Waals surface area contributed by atoms with Gasteiger partial charge in [0.25, 0.3) is 0 Å². The van der Waals surface area contributed by atoms with Crippen molar-refractivity contribution in [2.24, 2.45) is 17.6 Å². The van der Waals surface area contributed by atoms with Gasteiger partial charge in [0, 0.05) is 6.04 Å². The molecule has 0 aliphatic heterocycles. The molecular weight excluding hydrogens is 214 g/mol. The molecule has 3 heteroatoms. The summed E-state index contributed by atoms with van der Waals surface area (Å²) in [4.78, 5) is 11.9. The molecule has 0 amide bonds. The van der Waals surface area contributed by atoms with Gasteiger partial charge in [0.1, 0.15) is 0 Å². The average Bonchev–Trinajstić information content (AvgIpc) is 2.46. The maximum absolute atomic E-state index is 11.9. The Hall–Kier alpha value is -0.570. The fourth-order valence-corrected chi connectivity index (χ4v) is 2.84. The van der Waals surface area contributed by atoms with E-state index in [9.17, 15) is 4.79 Å². The van der Waals surface area contributed by atoms with E-state index in [1.165, 1.54) is 25.7 Å². The van der Waals surface area contributed by atoms with Crippen molar-refractivity contribution in [1.82, 2.24) is 0 Å². The van der Waals surface area contributed by atoms with Crippen molar-refractivity contribution in [3.8, 4) is 0 Å². The third kappa shape index (κ3) is 3.70. The van der Waals surface area contributed by atoms with E-state index >= 15 is 0 Å². The first-order chi connectivity index (χ1) is 8.27. The molecule has 0 aromatic carbocycles. The summed E-state index contributed by atoms with van der Waals surface area (Å²) in [5.41, 5.74) is 6.05. The quantitative estimate of drug-likeness (QED) is 0.606. The van der Waals surface area contributed by atoms with Crippen LogP contribution in [-0.2, 0) is 9.53 Å². The zero-order valence-electron chi connectivity index (χ0n) is 10.7. The molecule has 98 valence electrons. The number of esters is 1. The Morgan fingerprint density at radius 3 is 2.53 bits per heavy atom. The Bertz CT molecular complexity index is 251. The van der Waals surface area contributed by atoms with Gasteiger partial charge in [-0.1, -0.05) is 38.5 Å². The molecule has 0 radical (unpaired) electrons. The first-order valence-corrected chi connectivity index (χ1v) is 7.19. The van der Waals surface area contributed by atoms with Gasteiger partial charge < -0.3 is 10.5 Å². The average molecular weight is 239 g/mol. The topological polar surface area (TPSA) is 52.3 Å². The molecule has 2 rings (SSSR count). The molecule has 0 spiro atoms. The highest BCUT2D eigenvalue weighted by atomic mass is 16.5. The van der Waals surface area contributed by atoms with Gasteiger partial charge in [-0.2, -0.15) is 0 Å². The lowest BCUT2D eigenvalue weighted by Gasteiger charge is -2.25. The lowest BCUT2D eigenvalue weighted by Crippen LogP contribution is -2.36. The minimum atomic E-state index is -0.0428. The Morgan fingerprint density at radius 2 is 1.82 bits per heavy atom. The van der Waals surface area contributed by atoms with Gasteiger partial charge in [0.15, 0.2) is 0 Å². The van der Waals surface area contributed by atoms with Crippen molar-refractivity contribution in [3.63, 3.8) is 0 Å². The molecule has 3 nitrogen and oxygen atoms in total. The van der Waals surface area contributed by atoms with Crippen LogP contribution < -0.4 is 5.73 Å². The fraction of sp³-hybridized carbons (Fsp3) is 0.929. The number of rotatable bonds is 4. The molecule has 0 aromatic rings. The number of carbonyl (C=O) groups excluding carboxylic acids is 1. The summed E-state index contributed by atoms with van der Waals surface area (Å²) in [6, 6.07) is 0.0219. The molecule has 17 heavy (non-hydrogen) atoms.